The van der Waals surface area contributed by atoms with Crippen LogP contribution in [-0.4, -0.2) is 22.1 Å². The fraction of sp³-hybridized carbons (Fsp3) is 0.261. The first-order chi connectivity index (χ1) is 14.0. The van der Waals surface area contributed by atoms with Gasteiger partial charge in [0, 0.05) is 24.4 Å². The molecule has 1 amide bonds. The number of benzene rings is 2. The van der Waals surface area contributed by atoms with Crippen LogP contribution in [0.15, 0.2) is 59.8 Å². The van der Waals surface area contributed by atoms with Gasteiger partial charge in [-0.3, -0.25) is 4.79 Å². The van der Waals surface area contributed by atoms with E-state index < -0.39 is 0 Å². The quantitative estimate of drug-likeness (QED) is 0.427. The molecule has 0 atom stereocenters. The number of thioether (sulfide) groups is 1. The molecular formula is C23H25N3O2S. The first-order valence-corrected chi connectivity index (χ1v) is 10.7. The lowest BCUT2D eigenvalue weighted by molar-refractivity contribution is -0.121. The molecule has 0 bridgehead atoms. The van der Waals surface area contributed by atoms with E-state index in [2.05, 4.69) is 15.3 Å². The van der Waals surface area contributed by atoms with Gasteiger partial charge in [-0.25, -0.2) is 9.97 Å². The normalized spacial score (nSPS) is 10.6. The standard InChI is InChI=1S/C23H25N3O2S/c1-16-21(17(2)26-23(25-16)29-3)12-13-22(27)24-15-18-8-7-11-20(14-18)28-19-9-5-4-6-10-19/h4-11,14H,12-13,15H2,1-3H3,(H,24,27). The van der Waals surface area contributed by atoms with Crippen LogP contribution in [0.2, 0.25) is 0 Å². The number of hydrogen-bond donors (Lipinski definition) is 1. The van der Waals surface area contributed by atoms with Gasteiger partial charge < -0.3 is 10.1 Å². The van der Waals surface area contributed by atoms with E-state index in [1.165, 1.54) is 11.8 Å². The fourth-order valence-electron chi connectivity index (χ4n) is 3.03. The zero-order valence-corrected chi connectivity index (χ0v) is 17.8. The monoisotopic (exact) mass is 407 g/mol. The highest BCUT2D eigenvalue weighted by molar-refractivity contribution is 7.98. The Morgan fingerprint density at radius 2 is 1.69 bits per heavy atom. The number of rotatable bonds is 8. The zero-order chi connectivity index (χ0) is 20.6. The number of nitrogens with zero attached hydrogens (tertiary/aromatic N) is 2. The number of carbonyl (C=O) groups excluding carboxylic acids is 1. The summed E-state index contributed by atoms with van der Waals surface area (Å²) in [6.45, 7) is 4.41. The molecule has 1 heterocycles. The Morgan fingerprint density at radius 3 is 2.38 bits per heavy atom. The highest BCUT2D eigenvalue weighted by Crippen LogP contribution is 2.22. The average molecular weight is 408 g/mol. The molecule has 0 spiro atoms. The molecule has 0 aliphatic carbocycles. The van der Waals surface area contributed by atoms with Gasteiger partial charge in [0.1, 0.15) is 11.5 Å². The zero-order valence-electron chi connectivity index (χ0n) is 16.9. The summed E-state index contributed by atoms with van der Waals surface area (Å²) < 4.78 is 5.85. The van der Waals surface area contributed by atoms with Gasteiger partial charge in [-0.15, -0.1) is 0 Å². The predicted octanol–water partition coefficient (Wildman–Crippen LogP) is 4.86. The average Bonchev–Trinajstić information content (AvgIpc) is 2.72. The summed E-state index contributed by atoms with van der Waals surface area (Å²) in [5.41, 5.74) is 3.93. The van der Waals surface area contributed by atoms with E-state index >= 15 is 0 Å². The third kappa shape index (κ3) is 6.06. The summed E-state index contributed by atoms with van der Waals surface area (Å²) >= 11 is 1.53. The van der Waals surface area contributed by atoms with Gasteiger partial charge in [0.15, 0.2) is 5.16 Å². The maximum atomic E-state index is 12.3. The topological polar surface area (TPSA) is 64.1 Å². The van der Waals surface area contributed by atoms with Crippen LogP contribution in [0.3, 0.4) is 0 Å². The Hall–Kier alpha value is -2.86. The number of ether oxygens (including phenoxy) is 1. The summed E-state index contributed by atoms with van der Waals surface area (Å²) in [5.74, 6) is 1.54. The molecular weight excluding hydrogens is 382 g/mol. The van der Waals surface area contributed by atoms with Crippen LogP contribution in [-0.2, 0) is 17.8 Å². The molecule has 3 rings (SSSR count). The van der Waals surface area contributed by atoms with E-state index in [9.17, 15) is 4.79 Å². The number of carbonyl (C=O) groups is 1. The maximum Gasteiger partial charge on any atom is 0.220 e. The van der Waals surface area contributed by atoms with E-state index in [-0.39, 0.29) is 5.91 Å². The molecule has 6 heteroatoms. The Morgan fingerprint density at radius 1 is 1.00 bits per heavy atom. The fourth-order valence-corrected chi connectivity index (χ4v) is 3.49. The Bertz CT molecular complexity index is 954. The second kappa shape index (κ2) is 10.1. The van der Waals surface area contributed by atoms with Gasteiger partial charge in [-0.1, -0.05) is 42.1 Å². The molecule has 0 aliphatic heterocycles. The number of aromatic nitrogens is 2. The van der Waals surface area contributed by atoms with Crippen molar-refractivity contribution in [2.45, 2.75) is 38.4 Å². The van der Waals surface area contributed by atoms with Crippen LogP contribution in [0.25, 0.3) is 0 Å². The molecule has 1 N–H and O–H groups in total. The lowest BCUT2D eigenvalue weighted by Gasteiger charge is -2.11. The second-order valence-corrected chi connectivity index (χ2v) is 7.47. The molecule has 0 saturated heterocycles. The van der Waals surface area contributed by atoms with Crippen molar-refractivity contribution in [3.8, 4) is 11.5 Å². The summed E-state index contributed by atoms with van der Waals surface area (Å²) in [6, 6.07) is 17.4. The molecule has 0 saturated carbocycles. The molecule has 0 fully saturated rings. The van der Waals surface area contributed by atoms with Crippen LogP contribution in [0.1, 0.15) is 28.9 Å². The van der Waals surface area contributed by atoms with Crippen LogP contribution >= 0.6 is 11.8 Å². The van der Waals surface area contributed by atoms with Crippen LogP contribution in [0.5, 0.6) is 11.5 Å². The van der Waals surface area contributed by atoms with Crippen molar-refractivity contribution in [1.29, 1.82) is 0 Å². The molecule has 150 valence electrons. The molecule has 2 aromatic carbocycles. The van der Waals surface area contributed by atoms with Gasteiger partial charge in [0.05, 0.1) is 0 Å². The van der Waals surface area contributed by atoms with Crippen molar-refractivity contribution in [3.63, 3.8) is 0 Å². The van der Waals surface area contributed by atoms with Gasteiger partial charge in [0.25, 0.3) is 0 Å². The van der Waals surface area contributed by atoms with Gasteiger partial charge in [-0.2, -0.15) is 0 Å². The highest BCUT2D eigenvalue weighted by Gasteiger charge is 2.10. The SMILES string of the molecule is CSc1nc(C)c(CCC(=O)NCc2cccc(Oc3ccccc3)c2)c(C)n1. The third-order valence-corrected chi connectivity index (χ3v) is 5.10. The van der Waals surface area contributed by atoms with E-state index in [0.29, 0.717) is 19.4 Å². The van der Waals surface area contributed by atoms with Gasteiger partial charge in [0.2, 0.25) is 5.91 Å². The smallest absolute Gasteiger partial charge is 0.220 e. The van der Waals surface area contributed by atoms with Gasteiger partial charge >= 0.3 is 0 Å². The van der Waals surface area contributed by atoms with Crippen molar-refractivity contribution in [1.82, 2.24) is 15.3 Å². The van der Waals surface area contributed by atoms with Crippen LogP contribution in [0, 0.1) is 13.8 Å². The minimum atomic E-state index is 0.00660. The Balaban J connectivity index is 1.53. The summed E-state index contributed by atoms with van der Waals surface area (Å²) in [5, 5.41) is 3.75. The maximum absolute atomic E-state index is 12.3. The Labute approximate surface area is 175 Å². The van der Waals surface area contributed by atoms with Crippen LogP contribution in [0.4, 0.5) is 0 Å². The molecule has 29 heavy (non-hydrogen) atoms. The minimum Gasteiger partial charge on any atom is -0.457 e. The number of nitrogens with one attached hydrogen (secondary N) is 1. The number of para-hydroxylation sites is 1. The molecule has 1 aromatic heterocycles. The highest BCUT2D eigenvalue weighted by atomic mass is 32.2. The summed E-state index contributed by atoms with van der Waals surface area (Å²) in [6.07, 6.45) is 3.00. The van der Waals surface area contributed by atoms with Crippen molar-refractivity contribution in [2.24, 2.45) is 0 Å². The molecule has 0 aliphatic rings. The third-order valence-electron chi connectivity index (χ3n) is 4.55. The number of aryl methyl sites for hydroxylation is 2. The summed E-state index contributed by atoms with van der Waals surface area (Å²) in [4.78, 5) is 21.3. The van der Waals surface area contributed by atoms with Crippen LogP contribution < -0.4 is 10.1 Å². The van der Waals surface area contributed by atoms with Crippen molar-refractivity contribution in [2.75, 3.05) is 6.26 Å². The lowest BCUT2D eigenvalue weighted by atomic mass is 10.1. The second-order valence-electron chi connectivity index (χ2n) is 6.70. The lowest BCUT2D eigenvalue weighted by Crippen LogP contribution is -2.23. The minimum absolute atomic E-state index is 0.00660. The van der Waals surface area contributed by atoms with E-state index in [4.69, 9.17) is 4.74 Å². The molecule has 3 aromatic rings. The van der Waals surface area contributed by atoms with E-state index in [1.54, 1.807) is 0 Å². The first kappa shape index (κ1) is 20.9. The van der Waals surface area contributed by atoms with Gasteiger partial charge in [-0.05, 0) is 61.9 Å². The largest absolute Gasteiger partial charge is 0.457 e. The number of hydrogen-bond acceptors (Lipinski definition) is 5. The van der Waals surface area contributed by atoms with Crippen molar-refractivity contribution < 1.29 is 9.53 Å². The molecule has 0 unspecified atom stereocenters. The molecule has 0 radical (unpaired) electrons. The van der Waals surface area contributed by atoms with Crippen molar-refractivity contribution in [3.05, 3.63) is 77.1 Å². The molecule has 5 nitrogen and oxygen atoms in total. The summed E-state index contributed by atoms with van der Waals surface area (Å²) in [7, 11) is 0. The first-order valence-electron chi connectivity index (χ1n) is 9.52. The van der Waals surface area contributed by atoms with Crippen molar-refractivity contribution >= 4 is 17.7 Å². The van der Waals surface area contributed by atoms with E-state index in [0.717, 1.165) is 39.2 Å². The van der Waals surface area contributed by atoms with E-state index in [1.807, 2.05) is 74.7 Å². The Kier molecular flexibility index (Phi) is 7.25. The predicted molar refractivity (Wildman–Crippen MR) is 116 cm³/mol. The number of amides is 1.